The van der Waals surface area contributed by atoms with Crippen molar-refractivity contribution >= 4 is 5.91 Å². The van der Waals surface area contributed by atoms with Crippen LogP contribution in [0.2, 0.25) is 0 Å². The first-order valence-corrected chi connectivity index (χ1v) is 27.1. The fourth-order valence-corrected chi connectivity index (χ4v) is 7.80. The van der Waals surface area contributed by atoms with E-state index in [0.29, 0.717) is 6.42 Å². The molecule has 0 aliphatic carbocycles. The van der Waals surface area contributed by atoms with Gasteiger partial charge < -0.3 is 40.3 Å². The number of nitrogens with one attached hydrogen (secondary N) is 1. The third kappa shape index (κ3) is 36.8. The molecule has 0 aromatic rings. The van der Waals surface area contributed by atoms with Crippen LogP contribution in [-0.2, 0) is 14.3 Å². The van der Waals surface area contributed by atoms with Crippen LogP contribution in [0.1, 0.15) is 200 Å². The Morgan fingerprint density at radius 1 is 0.515 bits per heavy atom. The molecule has 388 valence electrons. The number of rotatable bonds is 44. The molecular weight excluding hydrogens is 851 g/mol. The number of hydrogen-bond donors (Lipinski definition) is 6. The normalized spacial score (nSPS) is 20.5. The summed E-state index contributed by atoms with van der Waals surface area (Å²) in [7, 11) is 0. The fraction of sp³-hybridized carbons (Fsp3) is 0.678. The van der Waals surface area contributed by atoms with Crippen molar-refractivity contribution < 1.29 is 39.8 Å². The van der Waals surface area contributed by atoms with E-state index in [1.807, 2.05) is 6.08 Å². The second-order valence-electron chi connectivity index (χ2n) is 18.3. The predicted molar refractivity (Wildman–Crippen MR) is 285 cm³/mol. The van der Waals surface area contributed by atoms with Gasteiger partial charge in [-0.3, -0.25) is 4.79 Å². The minimum absolute atomic E-state index is 0.195. The first-order chi connectivity index (χ1) is 33.3. The van der Waals surface area contributed by atoms with Gasteiger partial charge in [0.25, 0.3) is 0 Å². The molecule has 1 fully saturated rings. The Hall–Kier alpha value is -3.15. The molecule has 1 amide bonds. The van der Waals surface area contributed by atoms with Crippen molar-refractivity contribution in [2.45, 2.75) is 243 Å². The minimum Gasteiger partial charge on any atom is -0.394 e. The quantitative estimate of drug-likeness (QED) is 0.0261. The maximum atomic E-state index is 13.0. The summed E-state index contributed by atoms with van der Waals surface area (Å²) in [5, 5.41) is 54.2. The highest BCUT2D eigenvalue weighted by Crippen LogP contribution is 2.22. The van der Waals surface area contributed by atoms with Crippen molar-refractivity contribution in [3.63, 3.8) is 0 Å². The molecule has 0 radical (unpaired) electrons. The van der Waals surface area contributed by atoms with Gasteiger partial charge in [0, 0.05) is 6.42 Å². The topological polar surface area (TPSA) is 149 Å². The molecule has 0 spiro atoms. The van der Waals surface area contributed by atoms with E-state index in [1.54, 1.807) is 6.08 Å². The molecule has 0 bridgehead atoms. The van der Waals surface area contributed by atoms with Crippen LogP contribution in [0.3, 0.4) is 0 Å². The van der Waals surface area contributed by atoms with E-state index in [2.05, 4.69) is 116 Å². The lowest BCUT2D eigenvalue weighted by molar-refractivity contribution is -0.302. The minimum atomic E-state index is -1.58. The molecule has 6 N–H and O–H groups in total. The van der Waals surface area contributed by atoms with Crippen LogP contribution in [0.4, 0.5) is 0 Å². The first kappa shape index (κ1) is 62.9. The van der Waals surface area contributed by atoms with E-state index < -0.39 is 49.5 Å². The molecule has 0 saturated carbocycles. The molecule has 9 heteroatoms. The third-order valence-corrected chi connectivity index (χ3v) is 12.1. The highest BCUT2D eigenvalue weighted by atomic mass is 16.7. The van der Waals surface area contributed by atoms with E-state index in [9.17, 15) is 30.3 Å². The molecular formula is C59H99NO8. The molecule has 68 heavy (non-hydrogen) atoms. The zero-order chi connectivity index (χ0) is 49.4. The molecule has 1 saturated heterocycles. The van der Waals surface area contributed by atoms with Crippen LogP contribution >= 0.6 is 0 Å². The van der Waals surface area contributed by atoms with Crippen molar-refractivity contribution in [1.82, 2.24) is 5.32 Å². The Bertz CT molecular complexity index is 1430. The maximum Gasteiger partial charge on any atom is 0.220 e. The van der Waals surface area contributed by atoms with E-state index in [0.717, 1.165) is 83.5 Å². The summed E-state index contributed by atoms with van der Waals surface area (Å²) >= 11 is 0. The van der Waals surface area contributed by atoms with Gasteiger partial charge in [-0.05, 0) is 89.9 Å². The van der Waals surface area contributed by atoms with Gasteiger partial charge in [0.2, 0.25) is 5.91 Å². The highest BCUT2D eigenvalue weighted by molar-refractivity contribution is 5.76. The van der Waals surface area contributed by atoms with Crippen molar-refractivity contribution in [3.05, 3.63) is 109 Å². The highest BCUT2D eigenvalue weighted by Gasteiger charge is 2.44. The second kappa shape index (κ2) is 47.5. The molecule has 1 aliphatic heterocycles. The Morgan fingerprint density at radius 3 is 1.41 bits per heavy atom. The summed E-state index contributed by atoms with van der Waals surface area (Å²) in [5.41, 5.74) is 0. The zero-order valence-electron chi connectivity index (χ0n) is 42.8. The Labute approximate surface area is 415 Å². The van der Waals surface area contributed by atoms with E-state index in [-0.39, 0.29) is 12.5 Å². The number of unbranched alkanes of at least 4 members (excludes halogenated alkanes) is 18. The van der Waals surface area contributed by atoms with Crippen LogP contribution in [-0.4, -0.2) is 87.5 Å². The molecule has 7 atom stereocenters. The van der Waals surface area contributed by atoms with Gasteiger partial charge in [-0.25, -0.2) is 0 Å². The lowest BCUT2D eigenvalue weighted by Crippen LogP contribution is -2.60. The SMILES string of the molecule is CC/C=C\C/C=C\C/C=C\C/C=C\C/C=C\C/C=C\C/C=C\CCCCCCCCCCCCCCCC(=O)NC(COC1OC(CO)C(O)C(O)C1O)C(O)/C=C/CC/C=C/CCCCCC. The van der Waals surface area contributed by atoms with Crippen LogP contribution < -0.4 is 5.32 Å². The lowest BCUT2D eigenvalue weighted by atomic mass is 9.99. The predicted octanol–water partition coefficient (Wildman–Crippen LogP) is 13.0. The third-order valence-electron chi connectivity index (χ3n) is 12.1. The fourth-order valence-electron chi connectivity index (χ4n) is 7.80. The molecule has 7 unspecified atom stereocenters. The summed E-state index contributed by atoms with van der Waals surface area (Å²) in [6.45, 7) is 3.59. The number of ether oxygens (including phenoxy) is 2. The standard InChI is InChI=1S/C59H99NO8/c1-3-5-7-9-11-13-15-16-17-18-19-20-21-22-23-24-25-26-27-28-29-30-31-32-33-34-35-36-37-38-39-41-43-45-47-49-55(63)60-52(51-67-59-58(66)57(65)56(64)54(50-61)68-59)53(62)48-46-44-42-40-14-12-10-8-6-4-2/h5,7,11,13-14,16-17,19-20,22-23,25-26,28-29,40,46,48,52-54,56-59,61-62,64-66H,3-4,6,8-10,12,15,18,21,24,27,30-39,41-45,47,49-51H2,1-2H3,(H,60,63)/b7-5-,13-11-,17-16-,20-19-,23-22-,26-25-,29-28-,40-14+,48-46+. The van der Waals surface area contributed by atoms with Gasteiger partial charge in [0.05, 0.1) is 25.4 Å². The monoisotopic (exact) mass is 950 g/mol. The summed E-state index contributed by atoms with van der Waals surface area (Å²) in [5.74, 6) is -0.195. The van der Waals surface area contributed by atoms with Crippen molar-refractivity contribution in [2.75, 3.05) is 13.2 Å². The van der Waals surface area contributed by atoms with E-state index >= 15 is 0 Å². The van der Waals surface area contributed by atoms with Gasteiger partial charge in [-0.1, -0.05) is 213 Å². The molecule has 1 rings (SSSR count). The van der Waals surface area contributed by atoms with Crippen molar-refractivity contribution in [3.8, 4) is 0 Å². The first-order valence-electron chi connectivity index (χ1n) is 27.1. The summed E-state index contributed by atoms with van der Waals surface area (Å²) in [4.78, 5) is 13.0. The average molecular weight is 950 g/mol. The number of aliphatic hydroxyl groups excluding tert-OH is 5. The largest absolute Gasteiger partial charge is 0.394 e. The number of allylic oxidation sites excluding steroid dienone is 17. The van der Waals surface area contributed by atoms with Gasteiger partial charge in [0.1, 0.15) is 24.4 Å². The molecule has 0 aromatic heterocycles. The number of amides is 1. The number of carbonyl (C=O) groups is 1. The maximum absolute atomic E-state index is 13.0. The Balaban J connectivity index is 2.13. The number of hydrogen-bond acceptors (Lipinski definition) is 8. The Morgan fingerprint density at radius 2 is 0.926 bits per heavy atom. The van der Waals surface area contributed by atoms with Crippen LogP contribution in [0, 0.1) is 0 Å². The van der Waals surface area contributed by atoms with Crippen LogP contribution in [0.25, 0.3) is 0 Å². The van der Waals surface area contributed by atoms with Gasteiger partial charge >= 0.3 is 0 Å². The number of aliphatic hydroxyl groups is 5. The summed E-state index contributed by atoms with van der Waals surface area (Å²) < 4.78 is 11.2. The average Bonchev–Trinajstić information content (AvgIpc) is 3.34. The van der Waals surface area contributed by atoms with Crippen LogP contribution in [0.15, 0.2) is 109 Å². The van der Waals surface area contributed by atoms with Gasteiger partial charge in [0.15, 0.2) is 6.29 Å². The van der Waals surface area contributed by atoms with Crippen LogP contribution in [0.5, 0.6) is 0 Å². The lowest BCUT2D eigenvalue weighted by Gasteiger charge is -2.40. The molecule has 1 aliphatic rings. The van der Waals surface area contributed by atoms with Crippen molar-refractivity contribution in [2.24, 2.45) is 0 Å². The van der Waals surface area contributed by atoms with Crippen molar-refractivity contribution in [1.29, 1.82) is 0 Å². The molecule has 0 aromatic carbocycles. The summed E-state index contributed by atoms with van der Waals surface area (Å²) in [6, 6.07) is -0.826. The Kier molecular flexibility index (Phi) is 43.9. The second-order valence-corrected chi connectivity index (χ2v) is 18.3. The van der Waals surface area contributed by atoms with Gasteiger partial charge in [-0.2, -0.15) is 0 Å². The van der Waals surface area contributed by atoms with E-state index in [1.165, 1.54) is 96.3 Å². The smallest absolute Gasteiger partial charge is 0.220 e. The summed E-state index contributed by atoms with van der Waals surface area (Å²) in [6.07, 6.45) is 63.1. The van der Waals surface area contributed by atoms with E-state index in [4.69, 9.17) is 9.47 Å². The van der Waals surface area contributed by atoms with Gasteiger partial charge in [-0.15, -0.1) is 0 Å². The molecule has 1 heterocycles. The molecule has 9 nitrogen and oxygen atoms in total. The number of carbonyl (C=O) groups excluding carboxylic acids is 1. The zero-order valence-corrected chi connectivity index (χ0v) is 42.8.